The fourth-order valence-electron chi connectivity index (χ4n) is 2.03. The van der Waals surface area contributed by atoms with Crippen LogP contribution in [0.15, 0.2) is 24.3 Å². The number of rotatable bonds is 4. The molecule has 0 spiro atoms. The highest BCUT2D eigenvalue weighted by atomic mass is 32.2. The Hall–Kier alpha value is -1.73. The molecule has 20 heavy (non-hydrogen) atoms. The monoisotopic (exact) mass is 288 g/mol. The van der Waals surface area contributed by atoms with Crippen LogP contribution in [0.4, 0.5) is 0 Å². The quantitative estimate of drug-likeness (QED) is 0.684. The third-order valence-corrected chi connectivity index (χ3v) is 4.18. The largest absolute Gasteiger partial charge is 0.481 e. The van der Waals surface area contributed by atoms with Crippen molar-refractivity contribution in [3.63, 3.8) is 0 Å². The molecule has 0 aliphatic heterocycles. The van der Waals surface area contributed by atoms with Gasteiger partial charge in [-0.05, 0) is 30.5 Å². The molecule has 1 aliphatic rings. The Morgan fingerprint density at radius 1 is 1.30 bits per heavy atom. The van der Waals surface area contributed by atoms with Gasteiger partial charge in [0.1, 0.15) is 0 Å². The summed E-state index contributed by atoms with van der Waals surface area (Å²) >= 11 is 1.28. The maximum absolute atomic E-state index is 11.2. The molecule has 0 amide bonds. The molecule has 0 radical (unpaired) electrons. The first-order chi connectivity index (χ1) is 9.54. The third kappa shape index (κ3) is 3.43. The van der Waals surface area contributed by atoms with Gasteiger partial charge in [0.2, 0.25) is 0 Å². The van der Waals surface area contributed by atoms with Crippen LogP contribution in [0.25, 0.3) is 0 Å². The molecular weight excluding hydrogens is 272 g/mol. The van der Waals surface area contributed by atoms with Crippen LogP contribution < -0.4 is 0 Å². The lowest BCUT2D eigenvalue weighted by molar-refractivity contribution is -0.140. The molecule has 1 saturated carbocycles. The van der Waals surface area contributed by atoms with Crippen LogP contribution in [0.2, 0.25) is 0 Å². The van der Waals surface area contributed by atoms with Crippen molar-refractivity contribution < 1.29 is 14.7 Å². The standard InChI is InChI=1S/C16H16O3S/c1-12(17)20-11-3-2-4-13-5-7-14(8-6-13)16(9-10-16)15(18)19/h5-8H,3,9-11H2,1H3,(H,18,19). The van der Waals surface area contributed by atoms with Gasteiger partial charge < -0.3 is 5.11 Å². The molecule has 2 rings (SSSR count). The normalized spacial score (nSPS) is 15.1. The van der Waals surface area contributed by atoms with Crippen molar-refractivity contribution in [2.24, 2.45) is 0 Å². The van der Waals surface area contributed by atoms with Gasteiger partial charge in [-0.2, -0.15) is 0 Å². The first-order valence-corrected chi connectivity index (χ1v) is 7.49. The second kappa shape index (κ2) is 6.15. The van der Waals surface area contributed by atoms with Crippen molar-refractivity contribution in [1.29, 1.82) is 0 Å². The minimum Gasteiger partial charge on any atom is -0.481 e. The summed E-state index contributed by atoms with van der Waals surface area (Å²) in [5.41, 5.74) is 1.09. The molecule has 4 heteroatoms. The van der Waals surface area contributed by atoms with E-state index in [1.165, 1.54) is 11.8 Å². The van der Waals surface area contributed by atoms with E-state index in [-0.39, 0.29) is 5.12 Å². The summed E-state index contributed by atoms with van der Waals surface area (Å²) in [6, 6.07) is 7.44. The van der Waals surface area contributed by atoms with E-state index in [4.69, 9.17) is 0 Å². The zero-order chi connectivity index (χ0) is 14.6. The van der Waals surface area contributed by atoms with Crippen LogP contribution in [0.5, 0.6) is 0 Å². The van der Waals surface area contributed by atoms with Gasteiger partial charge in [-0.1, -0.05) is 35.7 Å². The summed E-state index contributed by atoms with van der Waals surface area (Å²) < 4.78 is 0. The van der Waals surface area contributed by atoms with Crippen molar-refractivity contribution in [3.8, 4) is 11.8 Å². The zero-order valence-corrected chi connectivity index (χ0v) is 12.1. The lowest BCUT2D eigenvalue weighted by Gasteiger charge is -2.09. The molecule has 1 N–H and O–H groups in total. The molecule has 1 aromatic carbocycles. The fraction of sp³-hybridized carbons (Fsp3) is 0.375. The van der Waals surface area contributed by atoms with E-state index in [1.807, 2.05) is 24.3 Å². The number of carboxylic acid groups (broad SMARTS) is 1. The van der Waals surface area contributed by atoms with Crippen LogP contribution in [0.3, 0.4) is 0 Å². The Kier molecular flexibility index (Phi) is 4.51. The third-order valence-electron chi connectivity index (χ3n) is 3.36. The molecule has 3 nitrogen and oxygen atoms in total. The average molecular weight is 288 g/mol. The number of carbonyl (C=O) groups is 2. The van der Waals surface area contributed by atoms with Crippen LogP contribution in [0, 0.1) is 11.8 Å². The predicted octanol–water partition coefficient (Wildman–Crippen LogP) is 2.82. The number of aliphatic carboxylic acids is 1. The van der Waals surface area contributed by atoms with Crippen molar-refractivity contribution in [3.05, 3.63) is 35.4 Å². The second-order valence-corrected chi connectivity index (χ2v) is 6.13. The number of hydrogen-bond acceptors (Lipinski definition) is 3. The summed E-state index contributed by atoms with van der Waals surface area (Å²) in [5.74, 6) is 6.01. The Morgan fingerprint density at radius 3 is 2.45 bits per heavy atom. The minimum absolute atomic E-state index is 0.111. The van der Waals surface area contributed by atoms with E-state index in [0.717, 1.165) is 24.0 Å². The van der Waals surface area contributed by atoms with Gasteiger partial charge in [0, 0.05) is 24.7 Å². The highest BCUT2D eigenvalue weighted by Gasteiger charge is 2.51. The van der Waals surface area contributed by atoms with Crippen molar-refractivity contribution in [2.45, 2.75) is 31.6 Å². The smallest absolute Gasteiger partial charge is 0.314 e. The Bertz CT molecular complexity index is 574. The summed E-state index contributed by atoms with van der Waals surface area (Å²) in [5, 5.41) is 9.32. The number of benzene rings is 1. The molecule has 0 bridgehead atoms. The van der Waals surface area contributed by atoms with Gasteiger partial charge in [0.25, 0.3) is 0 Å². The van der Waals surface area contributed by atoms with Crippen LogP contribution in [-0.2, 0) is 15.0 Å². The molecular formula is C16H16O3S. The lowest BCUT2D eigenvalue weighted by Crippen LogP contribution is -2.19. The topological polar surface area (TPSA) is 54.4 Å². The van der Waals surface area contributed by atoms with Gasteiger partial charge >= 0.3 is 5.97 Å². The van der Waals surface area contributed by atoms with Gasteiger partial charge in [0.15, 0.2) is 5.12 Å². The molecule has 1 aliphatic carbocycles. The van der Waals surface area contributed by atoms with Crippen molar-refractivity contribution >= 4 is 22.8 Å². The maximum atomic E-state index is 11.2. The first kappa shape index (κ1) is 14.7. The van der Waals surface area contributed by atoms with E-state index < -0.39 is 11.4 Å². The molecule has 1 fully saturated rings. The predicted molar refractivity (Wildman–Crippen MR) is 79.6 cm³/mol. The average Bonchev–Trinajstić information content (AvgIpc) is 3.20. The van der Waals surface area contributed by atoms with Crippen molar-refractivity contribution in [2.75, 3.05) is 5.75 Å². The molecule has 0 saturated heterocycles. The molecule has 0 heterocycles. The second-order valence-electron chi connectivity index (χ2n) is 4.86. The van der Waals surface area contributed by atoms with E-state index in [9.17, 15) is 14.7 Å². The van der Waals surface area contributed by atoms with Gasteiger partial charge in [-0.25, -0.2) is 0 Å². The Labute approximate surface area is 122 Å². The Balaban J connectivity index is 1.94. The summed E-state index contributed by atoms with van der Waals surface area (Å²) in [4.78, 5) is 21.9. The molecule has 0 unspecified atom stereocenters. The lowest BCUT2D eigenvalue weighted by atomic mass is 9.95. The maximum Gasteiger partial charge on any atom is 0.314 e. The minimum atomic E-state index is -0.738. The van der Waals surface area contributed by atoms with E-state index >= 15 is 0 Å². The summed E-state index contributed by atoms with van der Waals surface area (Å²) in [7, 11) is 0. The summed E-state index contributed by atoms with van der Waals surface area (Å²) in [6.07, 6.45) is 2.11. The number of thioether (sulfide) groups is 1. The van der Waals surface area contributed by atoms with Crippen molar-refractivity contribution in [1.82, 2.24) is 0 Å². The first-order valence-electron chi connectivity index (χ1n) is 6.51. The SMILES string of the molecule is CC(=O)SCCC#Cc1ccc(C2(C(=O)O)CC2)cc1. The molecule has 0 aromatic heterocycles. The van der Waals surface area contributed by atoms with Crippen LogP contribution in [-0.4, -0.2) is 21.9 Å². The number of carboxylic acids is 1. The zero-order valence-electron chi connectivity index (χ0n) is 11.3. The molecule has 104 valence electrons. The van der Waals surface area contributed by atoms with E-state index in [1.54, 1.807) is 6.92 Å². The molecule has 1 aromatic rings. The van der Waals surface area contributed by atoms with Crippen LogP contribution >= 0.6 is 11.8 Å². The highest BCUT2D eigenvalue weighted by Crippen LogP contribution is 2.48. The summed E-state index contributed by atoms with van der Waals surface area (Å²) in [6.45, 7) is 1.55. The van der Waals surface area contributed by atoms with Gasteiger partial charge in [0.05, 0.1) is 5.41 Å². The van der Waals surface area contributed by atoms with Crippen LogP contribution in [0.1, 0.15) is 37.3 Å². The number of carbonyl (C=O) groups excluding carboxylic acids is 1. The highest BCUT2D eigenvalue weighted by molar-refractivity contribution is 8.13. The molecule has 0 atom stereocenters. The Morgan fingerprint density at radius 2 is 1.95 bits per heavy atom. The van der Waals surface area contributed by atoms with Gasteiger partial charge in [-0.15, -0.1) is 0 Å². The van der Waals surface area contributed by atoms with E-state index in [0.29, 0.717) is 12.2 Å². The van der Waals surface area contributed by atoms with Gasteiger partial charge in [-0.3, -0.25) is 9.59 Å². The van der Waals surface area contributed by atoms with E-state index in [2.05, 4.69) is 11.8 Å². The number of hydrogen-bond donors (Lipinski definition) is 1. The fourth-order valence-corrected chi connectivity index (χ4v) is 2.53.